The molecule has 30 heavy (non-hydrogen) atoms. The summed E-state index contributed by atoms with van der Waals surface area (Å²) in [6, 6.07) is 5.04. The van der Waals surface area contributed by atoms with Crippen LogP contribution in [0.15, 0.2) is 18.2 Å². The number of hydrogen-bond donors (Lipinski definition) is 2. The van der Waals surface area contributed by atoms with Gasteiger partial charge in [-0.2, -0.15) is 0 Å². The highest BCUT2D eigenvalue weighted by molar-refractivity contribution is 5.99. The van der Waals surface area contributed by atoms with Gasteiger partial charge in [0.1, 0.15) is 6.10 Å². The number of hydrogen-bond acceptors (Lipinski definition) is 5. The Morgan fingerprint density at radius 2 is 1.97 bits per heavy atom. The largest absolute Gasteiger partial charge is 0.485 e. The molecule has 1 heterocycles. The predicted octanol–water partition coefficient (Wildman–Crippen LogP) is 2.02. The number of amides is 3. The number of aliphatic hydroxyl groups excluding tert-OH is 1. The number of ether oxygens (including phenoxy) is 1. The SMILES string of the molecule is CC(C)NC(=O)N(C)C[C@H]1Oc2c(cccc2N(C)C)C(=O)N([C@H](C)CO)C[C@H]1C. The number of aliphatic hydroxyl groups is 1. The van der Waals surface area contributed by atoms with E-state index in [-0.39, 0.29) is 42.7 Å². The zero-order chi connectivity index (χ0) is 22.6. The van der Waals surface area contributed by atoms with Crippen molar-refractivity contribution in [2.75, 3.05) is 45.7 Å². The summed E-state index contributed by atoms with van der Waals surface area (Å²) in [6.45, 7) is 8.35. The Bertz CT molecular complexity index is 753. The molecule has 0 bridgehead atoms. The van der Waals surface area contributed by atoms with Crippen molar-refractivity contribution in [3.05, 3.63) is 23.8 Å². The maximum absolute atomic E-state index is 13.3. The number of likely N-dealkylation sites (N-methyl/N-ethyl adjacent to an activating group) is 1. The van der Waals surface area contributed by atoms with Gasteiger partial charge in [0.2, 0.25) is 0 Å². The van der Waals surface area contributed by atoms with Crippen LogP contribution in [0.4, 0.5) is 10.5 Å². The monoisotopic (exact) mass is 420 g/mol. The Kier molecular flexibility index (Phi) is 7.95. The molecule has 0 saturated carbocycles. The molecule has 0 unspecified atom stereocenters. The predicted molar refractivity (Wildman–Crippen MR) is 118 cm³/mol. The maximum Gasteiger partial charge on any atom is 0.317 e. The summed E-state index contributed by atoms with van der Waals surface area (Å²) in [7, 11) is 5.54. The molecular weight excluding hydrogens is 384 g/mol. The third kappa shape index (κ3) is 5.36. The molecule has 3 amide bonds. The van der Waals surface area contributed by atoms with E-state index in [9.17, 15) is 14.7 Å². The zero-order valence-electron chi connectivity index (χ0n) is 19.2. The fourth-order valence-corrected chi connectivity index (χ4v) is 3.51. The number of benzene rings is 1. The van der Waals surface area contributed by atoms with Crippen molar-refractivity contribution in [2.24, 2.45) is 5.92 Å². The van der Waals surface area contributed by atoms with Gasteiger partial charge >= 0.3 is 6.03 Å². The molecule has 0 aromatic heterocycles. The molecule has 8 heteroatoms. The molecule has 0 radical (unpaired) electrons. The molecule has 2 rings (SSSR count). The maximum atomic E-state index is 13.3. The first-order valence-electron chi connectivity index (χ1n) is 10.5. The van der Waals surface area contributed by atoms with E-state index in [4.69, 9.17) is 4.74 Å². The number of nitrogens with one attached hydrogen (secondary N) is 1. The normalized spacial score (nSPS) is 20.0. The second-order valence-corrected chi connectivity index (χ2v) is 8.66. The summed E-state index contributed by atoms with van der Waals surface area (Å²) in [5, 5.41) is 12.6. The van der Waals surface area contributed by atoms with Crippen LogP contribution < -0.4 is 15.0 Å². The first kappa shape index (κ1) is 23.8. The average molecular weight is 421 g/mol. The van der Waals surface area contributed by atoms with E-state index >= 15 is 0 Å². The Labute approximate surface area is 179 Å². The second kappa shape index (κ2) is 10.0. The minimum absolute atomic E-state index is 0.0372. The van der Waals surface area contributed by atoms with E-state index in [1.54, 1.807) is 22.9 Å². The highest BCUT2D eigenvalue weighted by Crippen LogP contribution is 2.36. The number of carbonyl (C=O) groups excluding carboxylic acids is 2. The Morgan fingerprint density at radius 3 is 2.53 bits per heavy atom. The van der Waals surface area contributed by atoms with Gasteiger partial charge in [-0.05, 0) is 32.9 Å². The number of nitrogens with zero attached hydrogens (tertiary/aromatic N) is 3. The zero-order valence-corrected chi connectivity index (χ0v) is 19.2. The summed E-state index contributed by atoms with van der Waals surface area (Å²) in [6.07, 6.45) is -0.325. The number of para-hydroxylation sites is 1. The van der Waals surface area contributed by atoms with Crippen LogP contribution >= 0.6 is 0 Å². The van der Waals surface area contributed by atoms with Gasteiger partial charge in [-0.1, -0.05) is 13.0 Å². The highest BCUT2D eigenvalue weighted by Gasteiger charge is 2.35. The Balaban J connectivity index is 2.45. The third-order valence-electron chi connectivity index (χ3n) is 5.36. The number of urea groups is 1. The number of carbonyl (C=O) groups is 2. The highest BCUT2D eigenvalue weighted by atomic mass is 16.5. The molecular formula is C22H36N4O4. The van der Waals surface area contributed by atoms with E-state index in [0.717, 1.165) is 5.69 Å². The van der Waals surface area contributed by atoms with Crippen molar-refractivity contribution >= 4 is 17.6 Å². The number of fused-ring (bicyclic) bond motifs is 1. The molecule has 1 aliphatic heterocycles. The lowest BCUT2D eigenvalue weighted by Crippen LogP contribution is -2.51. The van der Waals surface area contributed by atoms with Gasteiger partial charge in [-0.25, -0.2) is 4.79 Å². The molecule has 1 aliphatic rings. The summed E-state index contributed by atoms with van der Waals surface area (Å²) >= 11 is 0. The smallest absolute Gasteiger partial charge is 0.317 e. The first-order chi connectivity index (χ1) is 14.1. The molecule has 0 aliphatic carbocycles. The van der Waals surface area contributed by atoms with Crippen molar-refractivity contribution in [3.63, 3.8) is 0 Å². The third-order valence-corrected chi connectivity index (χ3v) is 5.36. The van der Waals surface area contributed by atoms with Crippen LogP contribution in [0.1, 0.15) is 38.1 Å². The minimum Gasteiger partial charge on any atom is -0.485 e. The summed E-state index contributed by atoms with van der Waals surface area (Å²) in [4.78, 5) is 31.0. The summed E-state index contributed by atoms with van der Waals surface area (Å²) in [5.74, 6) is 0.295. The van der Waals surface area contributed by atoms with Crippen molar-refractivity contribution in [1.29, 1.82) is 0 Å². The lowest BCUT2D eigenvalue weighted by Gasteiger charge is -2.39. The van der Waals surface area contributed by atoms with Crippen LogP contribution in [0.25, 0.3) is 0 Å². The fraction of sp³-hybridized carbons (Fsp3) is 0.636. The minimum atomic E-state index is -0.325. The van der Waals surface area contributed by atoms with Gasteiger partial charge in [0.15, 0.2) is 5.75 Å². The lowest BCUT2D eigenvalue weighted by molar-refractivity contribution is 0.0368. The van der Waals surface area contributed by atoms with E-state index in [1.807, 2.05) is 58.8 Å². The van der Waals surface area contributed by atoms with E-state index in [0.29, 0.717) is 24.4 Å². The van der Waals surface area contributed by atoms with E-state index in [2.05, 4.69) is 5.32 Å². The van der Waals surface area contributed by atoms with Crippen LogP contribution in [0.5, 0.6) is 5.75 Å². The molecule has 0 saturated heterocycles. The van der Waals surface area contributed by atoms with Crippen LogP contribution in [-0.2, 0) is 0 Å². The van der Waals surface area contributed by atoms with Gasteiger partial charge < -0.3 is 29.9 Å². The molecule has 2 N–H and O–H groups in total. The van der Waals surface area contributed by atoms with Gasteiger partial charge in [0, 0.05) is 39.6 Å². The number of rotatable bonds is 6. The van der Waals surface area contributed by atoms with Gasteiger partial charge in [0.05, 0.1) is 30.4 Å². The van der Waals surface area contributed by atoms with E-state index in [1.165, 1.54) is 0 Å². The summed E-state index contributed by atoms with van der Waals surface area (Å²) < 4.78 is 6.43. The van der Waals surface area contributed by atoms with Crippen LogP contribution in [0.2, 0.25) is 0 Å². The standard InChI is InChI=1S/C22H36N4O4/c1-14(2)23-22(29)25(7)12-19-15(3)11-26(16(4)13-27)21(28)17-9-8-10-18(24(5)6)20(17)30-19/h8-10,14-16,19,27H,11-13H2,1-7H3,(H,23,29)/t15-,16-,19-/m1/s1. The average Bonchev–Trinajstić information content (AvgIpc) is 2.68. The van der Waals surface area contributed by atoms with Crippen molar-refractivity contribution < 1.29 is 19.4 Å². The Morgan fingerprint density at radius 1 is 1.30 bits per heavy atom. The first-order valence-corrected chi connectivity index (χ1v) is 10.5. The fourth-order valence-electron chi connectivity index (χ4n) is 3.51. The van der Waals surface area contributed by atoms with Crippen LogP contribution in [-0.4, -0.2) is 85.9 Å². The molecule has 8 nitrogen and oxygen atoms in total. The van der Waals surface area contributed by atoms with Crippen molar-refractivity contribution in [1.82, 2.24) is 15.1 Å². The quantitative estimate of drug-likeness (QED) is 0.736. The molecule has 0 spiro atoms. The van der Waals surface area contributed by atoms with Crippen molar-refractivity contribution in [2.45, 2.75) is 45.9 Å². The van der Waals surface area contributed by atoms with Crippen LogP contribution in [0.3, 0.4) is 0 Å². The van der Waals surface area contributed by atoms with E-state index < -0.39 is 0 Å². The molecule has 3 atom stereocenters. The van der Waals surface area contributed by atoms with Gasteiger partial charge in [-0.15, -0.1) is 0 Å². The molecule has 1 aromatic rings. The molecule has 168 valence electrons. The van der Waals surface area contributed by atoms with Gasteiger partial charge in [0.25, 0.3) is 5.91 Å². The van der Waals surface area contributed by atoms with Crippen LogP contribution in [0, 0.1) is 5.92 Å². The van der Waals surface area contributed by atoms with Crippen molar-refractivity contribution in [3.8, 4) is 5.75 Å². The van der Waals surface area contributed by atoms with Gasteiger partial charge in [-0.3, -0.25) is 4.79 Å². The Hall–Kier alpha value is -2.48. The second-order valence-electron chi connectivity index (χ2n) is 8.66. The molecule has 1 aromatic carbocycles. The molecule has 0 fully saturated rings. The summed E-state index contributed by atoms with van der Waals surface area (Å²) in [5.41, 5.74) is 1.26. The number of anilines is 1. The topological polar surface area (TPSA) is 85.4 Å². The lowest BCUT2D eigenvalue weighted by atomic mass is 9.99.